The zero-order chi connectivity index (χ0) is 36.1. The quantitative estimate of drug-likeness (QED) is 0.172. The van der Waals surface area contributed by atoms with Crippen molar-refractivity contribution in [3.8, 4) is 11.1 Å². The van der Waals surface area contributed by atoms with Gasteiger partial charge in [0.25, 0.3) is 0 Å². The molecule has 0 radical (unpaired) electrons. The average Bonchev–Trinajstić information content (AvgIpc) is 3.38. The van der Waals surface area contributed by atoms with Crippen molar-refractivity contribution in [3.05, 3.63) is 172 Å². The number of rotatable bonds is 4. The second kappa shape index (κ2) is 11.2. The minimum absolute atomic E-state index is 0.0870. The summed E-state index contributed by atoms with van der Waals surface area (Å²) in [6.07, 6.45) is 1.05. The van der Waals surface area contributed by atoms with Gasteiger partial charge in [0.1, 0.15) is 0 Å². The Morgan fingerprint density at radius 3 is 1.63 bits per heavy atom. The predicted molar refractivity (Wildman–Crippen MR) is 217 cm³/mol. The summed E-state index contributed by atoms with van der Waals surface area (Å²) in [5, 5.41) is 0. The van der Waals surface area contributed by atoms with Gasteiger partial charge in [0.15, 0.2) is 0 Å². The SMILES string of the molecule is CC1=C(C)C2(CC1(C)C)c1ccccc1N(c1ccccc1)c1ccc(-c3cccc(C4(c5ccccc5)C(C)(C)C(C)=C(C)C4(C)C)c3)cc12. The van der Waals surface area contributed by atoms with E-state index >= 15 is 0 Å². The summed E-state index contributed by atoms with van der Waals surface area (Å²) in [6.45, 7) is 24.3. The predicted octanol–water partition coefficient (Wildman–Crippen LogP) is 13.9. The standard InChI is InChI=1S/C50H53N/c1-33-36(4)49(32-46(33,5)6)42-26-17-18-27-44(42)51(41-24-15-12-16-25-41)45-29-28-38(31-43(45)49)37-20-19-23-40(30-37)50(39-21-13-11-14-22-39)47(7,8)34(2)35(3)48(50,9)10/h11-31H,32H2,1-10H3. The maximum absolute atomic E-state index is 2.55. The van der Waals surface area contributed by atoms with Gasteiger partial charge in [0, 0.05) is 27.3 Å². The largest absolute Gasteiger partial charge is 0.310 e. The molecular formula is C50H53N. The first-order valence-corrected chi connectivity index (χ1v) is 18.8. The summed E-state index contributed by atoms with van der Waals surface area (Å²) < 4.78 is 0. The van der Waals surface area contributed by atoms with Crippen LogP contribution in [0.2, 0.25) is 0 Å². The number of allylic oxidation sites excluding steroid dienone is 4. The van der Waals surface area contributed by atoms with Crippen LogP contribution in [0.4, 0.5) is 17.1 Å². The van der Waals surface area contributed by atoms with Gasteiger partial charge in [0.2, 0.25) is 0 Å². The first-order chi connectivity index (χ1) is 24.2. The minimum atomic E-state index is -0.240. The van der Waals surface area contributed by atoms with Gasteiger partial charge in [-0.05, 0) is 103 Å². The van der Waals surface area contributed by atoms with Gasteiger partial charge in [-0.25, -0.2) is 0 Å². The lowest BCUT2D eigenvalue weighted by molar-refractivity contribution is 0.155. The van der Waals surface area contributed by atoms with Gasteiger partial charge in [-0.2, -0.15) is 0 Å². The molecule has 3 aliphatic rings. The molecule has 8 rings (SSSR count). The molecule has 5 aromatic carbocycles. The second-order valence-electron chi connectivity index (χ2n) is 17.3. The van der Waals surface area contributed by atoms with E-state index in [-0.39, 0.29) is 27.1 Å². The molecule has 0 N–H and O–H groups in total. The van der Waals surface area contributed by atoms with Gasteiger partial charge in [-0.15, -0.1) is 0 Å². The fourth-order valence-corrected chi connectivity index (χ4v) is 11.3. The van der Waals surface area contributed by atoms with Gasteiger partial charge < -0.3 is 4.90 Å². The normalized spacial score (nSPS) is 22.4. The molecule has 0 amide bonds. The van der Waals surface area contributed by atoms with Gasteiger partial charge in [-0.3, -0.25) is 0 Å². The van der Waals surface area contributed by atoms with Crippen molar-refractivity contribution in [2.75, 3.05) is 4.90 Å². The molecule has 258 valence electrons. The van der Waals surface area contributed by atoms with E-state index in [1.165, 1.54) is 72.7 Å². The first-order valence-electron chi connectivity index (χ1n) is 18.8. The molecule has 1 heteroatoms. The highest BCUT2D eigenvalue weighted by Gasteiger charge is 2.63. The molecule has 0 bridgehead atoms. The number of benzene rings is 5. The molecule has 5 aromatic rings. The van der Waals surface area contributed by atoms with E-state index in [1.54, 1.807) is 0 Å². The smallest absolute Gasteiger partial charge is 0.0506 e. The molecule has 1 aliphatic heterocycles. The molecule has 1 atom stereocenters. The van der Waals surface area contributed by atoms with Crippen molar-refractivity contribution in [2.45, 2.75) is 86.5 Å². The summed E-state index contributed by atoms with van der Waals surface area (Å²) in [6, 6.07) is 48.3. The van der Waals surface area contributed by atoms with E-state index in [0.717, 1.165) is 6.42 Å². The van der Waals surface area contributed by atoms with Crippen LogP contribution in [-0.4, -0.2) is 0 Å². The van der Waals surface area contributed by atoms with E-state index in [2.05, 4.69) is 202 Å². The summed E-state index contributed by atoms with van der Waals surface area (Å²) in [5.74, 6) is 0. The second-order valence-corrected chi connectivity index (χ2v) is 17.3. The number of para-hydroxylation sites is 2. The Morgan fingerprint density at radius 1 is 0.451 bits per heavy atom. The summed E-state index contributed by atoms with van der Waals surface area (Å²) in [7, 11) is 0. The Morgan fingerprint density at radius 2 is 1.00 bits per heavy atom. The zero-order valence-electron chi connectivity index (χ0n) is 32.3. The number of nitrogens with zero attached hydrogens (tertiary/aromatic N) is 1. The Bertz CT molecular complexity index is 2220. The minimum Gasteiger partial charge on any atom is -0.310 e. The molecule has 1 nitrogen and oxygen atoms in total. The molecule has 0 saturated carbocycles. The maximum atomic E-state index is 2.55. The van der Waals surface area contributed by atoms with Crippen molar-refractivity contribution in [1.82, 2.24) is 0 Å². The third-order valence-corrected chi connectivity index (χ3v) is 14.4. The third-order valence-electron chi connectivity index (χ3n) is 14.4. The van der Waals surface area contributed by atoms with Crippen molar-refractivity contribution in [3.63, 3.8) is 0 Å². The van der Waals surface area contributed by atoms with E-state index in [9.17, 15) is 0 Å². The van der Waals surface area contributed by atoms with Crippen LogP contribution in [0.5, 0.6) is 0 Å². The average molecular weight is 668 g/mol. The number of hydrogen-bond acceptors (Lipinski definition) is 1. The number of anilines is 3. The van der Waals surface area contributed by atoms with Crippen molar-refractivity contribution in [1.29, 1.82) is 0 Å². The van der Waals surface area contributed by atoms with Crippen LogP contribution in [0, 0.1) is 16.2 Å². The maximum Gasteiger partial charge on any atom is 0.0506 e. The van der Waals surface area contributed by atoms with Gasteiger partial charge in [0.05, 0.1) is 11.4 Å². The van der Waals surface area contributed by atoms with E-state index in [4.69, 9.17) is 0 Å². The fraction of sp³-hybridized carbons (Fsp3) is 0.320. The summed E-state index contributed by atoms with van der Waals surface area (Å²) in [4.78, 5) is 2.50. The van der Waals surface area contributed by atoms with Crippen molar-refractivity contribution < 1.29 is 0 Å². The number of hydrogen-bond donors (Lipinski definition) is 0. The monoisotopic (exact) mass is 667 g/mol. The van der Waals surface area contributed by atoms with Crippen LogP contribution in [0.1, 0.15) is 97.9 Å². The van der Waals surface area contributed by atoms with E-state index < -0.39 is 0 Å². The Kier molecular flexibility index (Phi) is 7.35. The Balaban J connectivity index is 1.39. The van der Waals surface area contributed by atoms with Crippen LogP contribution >= 0.6 is 0 Å². The highest BCUT2D eigenvalue weighted by atomic mass is 15.2. The molecule has 0 fully saturated rings. The van der Waals surface area contributed by atoms with Crippen molar-refractivity contribution in [2.24, 2.45) is 16.2 Å². The summed E-state index contributed by atoms with van der Waals surface area (Å²) >= 11 is 0. The molecule has 1 unspecified atom stereocenters. The van der Waals surface area contributed by atoms with E-state index in [1.807, 2.05) is 0 Å². The topological polar surface area (TPSA) is 3.24 Å². The van der Waals surface area contributed by atoms with Crippen LogP contribution in [0.25, 0.3) is 11.1 Å². The molecule has 2 aliphatic carbocycles. The third kappa shape index (κ3) is 4.27. The van der Waals surface area contributed by atoms with Crippen LogP contribution in [0.3, 0.4) is 0 Å². The number of fused-ring (bicyclic) bond motifs is 4. The first kappa shape index (κ1) is 33.5. The fourth-order valence-electron chi connectivity index (χ4n) is 11.3. The van der Waals surface area contributed by atoms with Crippen molar-refractivity contribution >= 4 is 17.1 Å². The Hall–Kier alpha value is -4.62. The molecule has 0 saturated heterocycles. The van der Waals surface area contributed by atoms with Crippen LogP contribution in [-0.2, 0) is 10.8 Å². The lowest BCUT2D eigenvalue weighted by Gasteiger charge is -2.52. The lowest BCUT2D eigenvalue weighted by Crippen LogP contribution is -2.49. The molecule has 1 heterocycles. The molecule has 51 heavy (non-hydrogen) atoms. The highest BCUT2D eigenvalue weighted by Crippen LogP contribution is 2.69. The van der Waals surface area contributed by atoms with Gasteiger partial charge in [-0.1, -0.05) is 161 Å². The lowest BCUT2D eigenvalue weighted by atomic mass is 9.50. The Labute approximate surface area is 306 Å². The molecule has 1 spiro atoms. The molecule has 0 aromatic heterocycles. The summed E-state index contributed by atoms with van der Waals surface area (Å²) in [5.41, 5.74) is 17.3. The van der Waals surface area contributed by atoms with Gasteiger partial charge >= 0.3 is 0 Å². The van der Waals surface area contributed by atoms with E-state index in [0.29, 0.717) is 0 Å². The van der Waals surface area contributed by atoms with Crippen LogP contribution < -0.4 is 4.90 Å². The van der Waals surface area contributed by atoms with Crippen LogP contribution in [0.15, 0.2) is 150 Å². The highest BCUT2D eigenvalue weighted by molar-refractivity contribution is 5.89. The zero-order valence-corrected chi connectivity index (χ0v) is 32.3. The molecular weight excluding hydrogens is 615 g/mol.